The van der Waals surface area contributed by atoms with Crippen LogP contribution in [0.1, 0.15) is 5.82 Å². The molecule has 134 valence electrons. The smallest absolute Gasteiger partial charge is 0.161 e. The van der Waals surface area contributed by atoms with Crippen LogP contribution >= 0.6 is 0 Å². The number of para-hydroxylation sites is 2. The van der Waals surface area contributed by atoms with Gasteiger partial charge in [-0.25, -0.2) is 9.97 Å². The van der Waals surface area contributed by atoms with E-state index in [1.54, 1.807) is 19.5 Å². The van der Waals surface area contributed by atoms with Crippen molar-refractivity contribution in [2.45, 2.75) is 6.92 Å². The predicted octanol–water partition coefficient (Wildman–Crippen LogP) is 3.37. The molecule has 0 spiro atoms. The molecule has 3 aromatic rings. The summed E-state index contributed by atoms with van der Waals surface area (Å²) in [7, 11) is 3.63. The van der Waals surface area contributed by atoms with Crippen LogP contribution in [-0.2, 0) is 0 Å². The van der Waals surface area contributed by atoms with Crippen LogP contribution in [0.5, 0.6) is 11.5 Å². The maximum atomic E-state index is 5.85. The highest BCUT2D eigenvalue weighted by Crippen LogP contribution is 2.26. The average Bonchev–Trinajstić information content (AvgIpc) is 2.68. The first-order chi connectivity index (χ1) is 12.7. The van der Waals surface area contributed by atoms with Gasteiger partial charge in [0.05, 0.1) is 19.3 Å². The Balaban J connectivity index is 1.68. The minimum atomic E-state index is 0.518. The van der Waals surface area contributed by atoms with Crippen LogP contribution in [0.25, 0.3) is 11.3 Å². The second kappa shape index (κ2) is 8.29. The number of aryl methyl sites for hydroxylation is 1. The van der Waals surface area contributed by atoms with Gasteiger partial charge in [0.15, 0.2) is 11.5 Å². The van der Waals surface area contributed by atoms with Crippen LogP contribution in [0.4, 0.5) is 5.82 Å². The Labute approximate surface area is 153 Å². The summed E-state index contributed by atoms with van der Waals surface area (Å²) in [5.41, 5.74) is 1.90. The molecule has 0 aliphatic carbocycles. The highest BCUT2D eigenvalue weighted by molar-refractivity contribution is 5.62. The summed E-state index contributed by atoms with van der Waals surface area (Å²) in [6.45, 7) is 3.10. The first-order valence-corrected chi connectivity index (χ1v) is 8.40. The van der Waals surface area contributed by atoms with E-state index in [0.29, 0.717) is 13.2 Å². The minimum Gasteiger partial charge on any atom is -0.493 e. The number of methoxy groups -OCH3 is 1. The second-order valence-electron chi connectivity index (χ2n) is 5.82. The van der Waals surface area contributed by atoms with E-state index in [4.69, 9.17) is 9.47 Å². The SMILES string of the molecule is COc1ccccc1OCCN(C)c1cc(-c2ccncc2)nc(C)n1. The third-order valence-electron chi connectivity index (χ3n) is 3.94. The zero-order valence-corrected chi connectivity index (χ0v) is 15.2. The van der Waals surface area contributed by atoms with Crippen molar-refractivity contribution in [2.75, 3.05) is 32.2 Å². The molecule has 0 saturated heterocycles. The molecule has 0 amide bonds. The number of hydrogen-bond donors (Lipinski definition) is 0. The predicted molar refractivity (Wildman–Crippen MR) is 102 cm³/mol. The molecule has 2 aromatic heterocycles. The van der Waals surface area contributed by atoms with Gasteiger partial charge >= 0.3 is 0 Å². The van der Waals surface area contributed by atoms with E-state index in [1.165, 1.54) is 0 Å². The van der Waals surface area contributed by atoms with E-state index in [2.05, 4.69) is 19.9 Å². The topological polar surface area (TPSA) is 60.4 Å². The molecule has 0 bridgehead atoms. The lowest BCUT2D eigenvalue weighted by atomic mass is 10.2. The van der Waals surface area contributed by atoms with Crippen molar-refractivity contribution < 1.29 is 9.47 Å². The summed E-state index contributed by atoms with van der Waals surface area (Å²) in [6, 6.07) is 13.5. The van der Waals surface area contributed by atoms with Crippen LogP contribution in [0.15, 0.2) is 54.9 Å². The maximum absolute atomic E-state index is 5.85. The first-order valence-electron chi connectivity index (χ1n) is 8.40. The maximum Gasteiger partial charge on any atom is 0.161 e. The lowest BCUT2D eigenvalue weighted by molar-refractivity contribution is 0.300. The summed E-state index contributed by atoms with van der Waals surface area (Å²) in [6.07, 6.45) is 3.52. The average molecular weight is 350 g/mol. The minimum absolute atomic E-state index is 0.518. The molecule has 0 unspecified atom stereocenters. The third kappa shape index (κ3) is 4.27. The number of benzene rings is 1. The Hall–Kier alpha value is -3.15. The van der Waals surface area contributed by atoms with E-state index >= 15 is 0 Å². The monoisotopic (exact) mass is 350 g/mol. The van der Waals surface area contributed by atoms with E-state index in [9.17, 15) is 0 Å². The summed E-state index contributed by atoms with van der Waals surface area (Å²) < 4.78 is 11.2. The largest absolute Gasteiger partial charge is 0.493 e. The van der Waals surface area contributed by atoms with Crippen molar-refractivity contribution in [2.24, 2.45) is 0 Å². The fourth-order valence-corrected chi connectivity index (χ4v) is 2.56. The number of anilines is 1. The van der Waals surface area contributed by atoms with Gasteiger partial charge in [-0.15, -0.1) is 0 Å². The van der Waals surface area contributed by atoms with Crippen LogP contribution in [0, 0.1) is 6.92 Å². The number of likely N-dealkylation sites (N-methyl/N-ethyl adjacent to an activating group) is 1. The standard InChI is InChI=1S/C20H22N4O2/c1-15-22-17(16-8-10-21-11-9-16)14-20(23-15)24(2)12-13-26-19-7-5-4-6-18(19)25-3/h4-11,14H,12-13H2,1-3H3. The first kappa shape index (κ1) is 17.7. The fourth-order valence-electron chi connectivity index (χ4n) is 2.56. The van der Waals surface area contributed by atoms with Crippen molar-refractivity contribution in [1.82, 2.24) is 15.0 Å². The summed E-state index contributed by atoms with van der Waals surface area (Å²) in [5.74, 6) is 3.05. The van der Waals surface area contributed by atoms with Crippen LogP contribution in [0.3, 0.4) is 0 Å². The number of nitrogens with zero attached hydrogens (tertiary/aromatic N) is 4. The van der Waals surface area contributed by atoms with Crippen molar-refractivity contribution >= 4 is 5.82 Å². The van der Waals surface area contributed by atoms with E-state index < -0.39 is 0 Å². The highest BCUT2D eigenvalue weighted by Gasteiger charge is 2.09. The molecule has 0 N–H and O–H groups in total. The van der Waals surface area contributed by atoms with Gasteiger partial charge in [0, 0.05) is 31.1 Å². The summed E-state index contributed by atoms with van der Waals surface area (Å²) >= 11 is 0. The van der Waals surface area contributed by atoms with Gasteiger partial charge in [0.1, 0.15) is 18.2 Å². The number of rotatable bonds is 7. The highest BCUT2D eigenvalue weighted by atomic mass is 16.5. The quantitative estimate of drug-likeness (QED) is 0.651. The van der Waals surface area contributed by atoms with Gasteiger partial charge < -0.3 is 14.4 Å². The van der Waals surface area contributed by atoms with Gasteiger partial charge in [0.2, 0.25) is 0 Å². The lowest BCUT2D eigenvalue weighted by Crippen LogP contribution is -2.25. The normalized spacial score (nSPS) is 10.4. The summed E-state index contributed by atoms with van der Waals surface area (Å²) in [5, 5.41) is 0. The Morgan fingerprint density at radius 3 is 2.46 bits per heavy atom. The number of ether oxygens (including phenoxy) is 2. The molecule has 0 aliphatic rings. The summed E-state index contributed by atoms with van der Waals surface area (Å²) in [4.78, 5) is 15.2. The Morgan fingerprint density at radius 1 is 1.00 bits per heavy atom. The van der Waals surface area contributed by atoms with E-state index in [-0.39, 0.29) is 0 Å². The Kier molecular flexibility index (Phi) is 5.63. The van der Waals surface area contributed by atoms with Crippen LogP contribution < -0.4 is 14.4 Å². The van der Waals surface area contributed by atoms with E-state index in [0.717, 1.165) is 34.4 Å². The molecule has 0 radical (unpaired) electrons. The molecule has 26 heavy (non-hydrogen) atoms. The van der Waals surface area contributed by atoms with Gasteiger partial charge in [-0.3, -0.25) is 4.98 Å². The fraction of sp³-hybridized carbons (Fsp3) is 0.250. The molecule has 0 saturated carbocycles. The Bertz CT molecular complexity index is 855. The molecular formula is C20H22N4O2. The molecule has 6 nitrogen and oxygen atoms in total. The van der Waals surface area contributed by atoms with Crippen LogP contribution in [0.2, 0.25) is 0 Å². The van der Waals surface area contributed by atoms with Gasteiger partial charge in [0.25, 0.3) is 0 Å². The van der Waals surface area contributed by atoms with Crippen molar-refractivity contribution in [3.05, 3.63) is 60.7 Å². The second-order valence-corrected chi connectivity index (χ2v) is 5.82. The molecule has 2 heterocycles. The van der Waals surface area contributed by atoms with E-state index in [1.807, 2.05) is 56.4 Å². The molecule has 0 atom stereocenters. The molecule has 1 aromatic carbocycles. The van der Waals surface area contributed by atoms with Crippen molar-refractivity contribution in [3.8, 4) is 22.8 Å². The zero-order chi connectivity index (χ0) is 18.4. The number of aromatic nitrogens is 3. The third-order valence-corrected chi connectivity index (χ3v) is 3.94. The van der Waals surface area contributed by atoms with Crippen molar-refractivity contribution in [3.63, 3.8) is 0 Å². The number of pyridine rings is 1. The zero-order valence-electron chi connectivity index (χ0n) is 15.2. The molecular weight excluding hydrogens is 328 g/mol. The van der Waals surface area contributed by atoms with Gasteiger partial charge in [-0.1, -0.05) is 12.1 Å². The molecule has 6 heteroatoms. The van der Waals surface area contributed by atoms with Crippen LogP contribution in [-0.4, -0.2) is 42.3 Å². The molecule has 0 aliphatic heterocycles. The van der Waals surface area contributed by atoms with Crippen molar-refractivity contribution in [1.29, 1.82) is 0 Å². The van der Waals surface area contributed by atoms with Gasteiger partial charge in [-0.2, -0.15) is 0 Å². The molecule has 3 rings (SSSR count). The molecule has 0 fully saturated rings. The lowest BCUT2D eigenvalue weighted by Gasteiger charge is -2.20. The Morgan fingerprint density at radius 2 is 1.73 bits per heavy atom. The number of hydrogen-bond acceptors (Lipinski definition) is 6. The van der Waals surface area contributed by atoms with Gasteiger partial charge in [-0.05, 0) is 31.2 Å².